The summed E-state index contributed by atoms with van der Waals surface area (Å²) >= 11 is 0. The predicted octanol–water partition coefficient (Wildman–Crippen LogP) is 0.0770. The zero-order chi connectivity index (χ0) is 11.6. The molecular formula is C9H17NO4S. The van der Waals surface area contributed by atoms with E-state index in [4.69, 9.17) is 4.74 Å². The van der Waals surface area contributed by atoms with Gasteiger partial charge in [0.15, 0.2) is 0 Å². The van der Waals surface area contributed by atoms with Crippen LogP contribution in [0.5, 0.6) is 0 Å². The van der Waals surface area contributed by atoms with Gasteiger partial charge in [-0.15, -0.1) is 0 Å². The van der Waals surface area contributed by atoms with E-state index < -0.39 is 10.0 Å². The fraction of sp³-hybridized carbons (Fsp3) is 0.889. The van der Waals surface area contributed by atoms with Crippen LogP contribution in [0.1, 0.15) is 13.8 Å². The molecule has 15 heavy (non-hydrogen) atoms. The lowest BCUT2D eigenvalue weighted by Crippen LogP contribution is -2.29. The summed E-state index contributed by atoms with van der Waals surface area (Å²) in [6.45, 7) is 4.60. The number of hydrogen-bond acceptors (Lipinski definition) is 4. The van der Waals surface area contributed by atoms with Crippen molar-refractivity contribution >= 4 is 16.0 Å². The Morgan fingerprint density at radius 2 is 2.07 bits per heavy atom. The summed E-state index contributed by atoms with van der Waals surface area (Å²) in [6.07, 6.45) is 1.16. The minimum absolute atomic E-state index is 0.0266. The second kappa shape index (κ2) is 4.49. The number of esters is 1. The fourth-order valence-electron chi connectivity index (χ4n) is 1.75. The molecule has 0 aliphatic carbocycles. The quantitative estimate of drug-likeness (QED) is 0.650. The van der Waals surface area contributed by atoms with Crippen LogP contribution in [-0.2, 0) is 19.6 Å². The molecule has 0 amide bonds. The minimum atomic E-state index is -3.19. The minimum Gasteiger partial charge on any atom is -0.466 e. The van der Waals surface area contributed by atoms with Crippen LogP contribution in [0.3, 0.4) is 0 Å². The third-order valence-corrected chi connectivity index (χ3v) is 3.87. The highest BCUT2D eigenvalue weighted by molar-refractivity contribution is 7.88. The number of rotatable bonds is 3. The zero-order valence-electron chi connectivity index (χ0n) is 9.26. The summed E-state index contributed by atoms with van der Waals surface area (Å²) in [6, 6.07) is 0. The maximum Gasteiger partial charge on any atom is 0.310 e. The number of carbonyl (C=O) groups excluding carboxylic acids is 1. The summed E-state index contributed by atoms with van der Waals surface area (Å²) in [5.41, 5.74) is 0. The van der Waals surface area contributed by atoms with Crippen molar-refractivity contribution in [3.8, 4) is 0 Å². The number of hydrogen-bond donors (Lipinski definition) is 0. The van der Waals surface area contributed by atoms with Crippen LogP contribution in [0.15, 0.2) is 0 Å². The van der Waals surface area contributed by atoms with E-state index in [1.807, 2.05) is 6.92 Å². The first-order chi connectivity index (χ1) is 6.86. The van der Waals surface area contributed by atoms with E-state index >= 15 is 0 Å². The molecule has 0 aromatic carbocycles. The van der Waals surface area contributed by atoms with Gasteiger partial charge in [-0.2, -0.15) is 0 Å². The van der Waals surface area contributed by atoms with E-state index in [1.54, 1.807) is 6.92 Å². The van der Waals surface area contributed by atoms with Crippen LogP contribution in [0.25, 0.3) is 0 Å². The average Bonchev–Trinajstić information content (AvgIpc) is 2.47. The molecule has 6 heteroatoms. The molecule has 0 bridgehead atoms. The lowest BCUT2D eigenvalue weighted by Gasteiger charge is -2.12. The van der Waals surface area contributed by atoms with E-state index in [9.17, 15) is 13.2 Å². The number of sulfonamides is 1. The van der Waals surface area contributed by atoms with E-state index in [1.165, 1.54) is 4.31 Å². The molecule has 0 radical (unpaired) electrons. The largest absolute Gasteiger partial charge is 0.466 e. The van der Waals surface area contributed by atoms with Crippen molar-refractivity contribution in [3.63, 3.8) is 0 Å². The monoisotopic (exact) mass is 235 g/mol. The fourth-order valence-corrected chi connectivity index (χ4v) is 2.69. The van der Waals surface area contributed by atoms with Crippen molar-refractivity contribution in [2.45, 2.75) is 13.8 Å². The highest BCUT2D eigenvalue weighted by Crippen LogP contribution is 2.25. The molecule has 0 aromatic heterocycles. The normalized spacial score (nSPS) is 27.9. The van der Waals surface area contributed by atoms with Crippen molar-refractivity contribution in [2.75, 3.05) is 26.0 Å². The van der Waals surface area contributed by atoms with Crippen molar-refractivity contribution in [2.24, 2.45) is 11.8 Å². The Morgan fingerprint density at radius 3 is 2.47 bits per heavy atom. The molecule has 88 valence electrons. The second-order valence-electron chi connectivity index (χ2n) is 3.92. The Morgan fingerprint density at radius 1 is 1.47 bits per heavy atom. The SMILES string of the molecule is CCOC(=O)C1CN(S(C)(=O)=O)CC1C. The van der Waals surface area contributed by atoms with Crippen LogP contribution < -0.4 is 0 Å². The summed E-state index contributed by atoms with van der Waals surface area (Å²) < 4.78 is 28.8. The number of carbonyl (C=O) groups is 1. The van der Waals surface area contributed by atoms with Gasteiger partial charge >= 0.3 is 5.97 Å². The lowest BCUT2D eigenvalue weighted by molar-refractivity contribution is -0.148. The van der Waals surface area contributed by atoms with Gasteiger partial charge in [-0.05, 0) is 12.8 Å². The van der Waals surface area contributed by atoms with Crippen LogP contribution in [-0.4, -0.2) is 44.6 Å². The van der Waals surface area contributed by atoms with Gasteiger partial charge in [0.1, 0.15) is 0 Å². The van der Waals surface area contributed by atoms with Crippen LogP contribution >= 0.6 is 0 Å². The van der Waals surface area contributed by atoms with Crippen molar-refractivity contribution < 1.29 is 17.9 Å². The first kappa shape index (κ1) is 12.4. The molecule has 1 fully saturated rings. The van der Waals surface area contributed by atoms with Gasteiger partial charge in [-0.25, -0.2) is 12.7 Å². The van der Waals surface area contributed by atoms with Gasteiger partial charge in [-0.3, -0.25) is 4.79 Å². The summed E-state index contributed by atoms with van der Waals surface area (Å²) in [4.78, 5) is 11.5. The number of nitrogens with zero attached hydrogens (tertiary/aromatic N) is 1. The highest BCUT2D eigenvalue weighted by Gasteiger charge is 2.39. The molecule has 1 rings (SSSR count). The molecule has 0 aromatic rings. The molecule has 2 atom stereocenters. The number of ether oxygens (including phenoxy) is 1. The van der Waals surface area contributed by atoms with Crippen LogP contribution in [0, 0.1) is 11.8 Å². The molecule has 0 N–H and O–H groups in total. The molecule has 1 aliphatic rings. The van der Waals surface area contributed by atoms with Crippen LogP contribution in [0.4, 0.5) is 0 Å². The first-order valence-electron chi connectivity index (χ1n) is 4.98. The topological polar surface area (TPSA) is 63.7 Å². The zero-order valence-corrected chi connectivity index (χ0v) is 10.1. The second-order valence-corrected chi connectivity index (χ2v) is 5.90. The highest BCUT2D eigenvalue weighted by atomic mass is 32.2. The smallest absolute Gasteiger partial charge is 0.310 e. The Balaban J connectivity index is 2.69. The van der Waals surface area contributed by atoms with Crippen molar-refractivity contribution in [3.05, 3.63) is 0 Å². The Hall–Kier alpha value is -0.620. The maximum absolute atomic E-state index is 11.5. The van der Waals surface area contributed by atoms with Crippen molar-refractivity contribution in [1.82, 2.24) is 4.31 Å². The third-order valence-electron chi connectivity index (χ3n) is 2.64. The first-order valence-corrected chi connectivity index (χ1v) is 6.82. The summed E-state index contributed by atoms with van der Waals surface area (Å²) in [7, 11) is -3.19. The molecule has 1 heterocycles. The van der Waals surface area contributed by atoms with Gasteiger partial charge in [0, 0.05) is 13.1 Å². The summed E-state index contributed by atoms with van der Waals surface area (Å²) in [5, 5.41) is 0. The van der Waals surface area contributed by atoms with Gasteiger partial charge in [0.2, 0.25) is 10.0 Å². The maximum atomic E-state index is 11.5. The van der Waals surface area contributed by atoms with E-state index in [-0.39, 0.29) is 24.3 Å². The Labute approximate surface area is 90.4 Å². The van der Waals surface area contributed by atoms with E-state index in [0.717, 1.165) is 6.26 Å². The average molecular weight is 235 g/mol. The van der Waals surface area contributed by atoms with Gasteiger partial charge < -0.3 is 4.74 Å². The molecule has 5 nitrogen and oxygen atoms in total. The molecule has 0 saturated carbocycles. The standard InChI is InChI=1S/C9H17NO4S/c1-4-14-9(11)8-6-10(5-7(8)2)15(3,12)13/h7-8H,4-6H2,1-3H3. The molecule has 1 saturated heterocycles. The molecule has 2 unspecified atom stereocenters. The summed E-state index contributed by atoms with van der Waals surface area (Å²) in [5.74, 6) is -0.588. The van der Waals surface area contributed by atoms with Gasteiger partial charge in [0.25, 0.3) is 0 Å². The van der Waals surface area contributed by atoms with Gasteiger partial charge in [-0.1, -0.05) is 6.92 Å². The lowest BCUT2D eigenvalue weighted by atomic mass is 9.99. The van der Waals surface area contributed by atoms with Crippen molar-refractivity contribution in [1.29, 1.82) is 0 Å². The Bertz CT molecular complexity index is 338. The third kappa shape index (κ3) is 2.92. The van der Waals surface area contributed by atoms with Gasteiger partial charge in [0.05, 0.1) is 18.8 Å². The Kier molecular flexibility index (Phi) is 3.72. The molecule has 0 spiro atoms. The van der Waals surface area contributed by atoms with E-state index in [0.29, 0.717) is 13.2 Å². The predicted molar refractivity (Wildman–Crippen MR) is 55.7 cm³/mol. The molecular weight excluding hydrogens is 218 g/mol. The van der Waals surface area contributed by atoms with E-state index in [2.05, 4.69) is 0 Å². The molecule has 1 aliphatic heterocycles. The van der Waals surface area contributed by atoms with Crippen LogP contribution in [0.2, 0.25) is 0 Å².